The summed E-state index contributed by atoms with van der Waals surface area (Å²) in [5.41, 5.74) is -0.517. The van der Waals surface area contributed by atoms with Crippen LogP contribution < -0.4 is 21.1 Å². The van der Waals surface area contributed by atoms with E-state index in [1.807, 2.05) is 0 Å². The number of piperidine rings is 1. The van der Waals surface area contributed by atoms with Crippen molar-refractivity contribution >= 4 is 17.5 Å². The van der Waals surface area contributed by atoms with Crippen LogP contribution in [0.4, 0.5) is 26.2 Å². The minimum atomic E-state index is -0.701. The van der Waals surface area contributed by atoms with Gasteiger partial charge in [0.1, 0.15) is 18.0 Å². The number of rotatable bonds is 11. The van der Waals surface area contributed by atoms with Crippen molar-refractivity contribution < 1.29 is 18.3 Å². The fraction of sp³-hybridized carbons (Fsp3) is 0.577. The number of hydrogen-bond acceptors (Lipinski definition) is 10. The van der Waals surface area contributed by atoms with Gasteiger partial charge in [-0.25, -0.2) is 18.6 Å². The van der Waals surface area contributed by atoms with E-state index in [0.717, 1.165) is 54.0 Å². The van der Waals surface area contributed by atoms with Gasteiger partial charge in [-0.15, -0.1) is 0 Å². The van der Waals surface area contributed by atoms with Crippen LogP contribution in [0.5, 0.6) is 5.75 Å². The number of nitrogens with zero attached hydrogens (tertiary/aromatic N) is 7. The van der Waals surface area contributed by atoms with E-state index >= 15 is 4.39 Å². The molecule has 0 bridgehead atoms. The van der Waals surface area contributed by atoms with Gasteiger partial charge >= 0.3 is 5.69 Å². The number of methoxy groups -OCH3 is 1. The van der Waals surface area contributed by atoms with Gasteiger partial charge in [-0.05, 0) is 63.1 Å². The normalized spacial score (nSPS) is 17.9. The smallest absolute Gasteiger partial charge is 0.368 e. The third kappa shape index (κ3) is 6.55. The summed E-state index contributed by atoms with van der Waals surface area (Å²) in [5, 5.41) is 13.6. The average Bonchev–Trinajstić information content (AvgIpc) is 3.24. The van der Waals surface area contributed by atoms with Crippen molar-refractivity contribution in [2.45, 2.75) is 64.6 Å². The van der Waals surface area contributed by atoms with Crippen molar-refractivity contribution in [2.75, 3.05) is 37.4 Å². The number of anilines is 3. The number of aryl methyl sites for hydroxylation is 1. The molecule has 14 heteroatoms. The number of nitrogens with one attached hydrogen (secondary N) is 2. The van der Waals surface area contributed by atoms with E-state index < -0.39 is 17.3 Å². The second-order valence-corrected chi connectivity index (χ2v) is 10.6. The Bertz CT molecular complexity index is 1380. The van der Waals surface area contributed by atoms with Crippen LogP contribution in [0, 0.1) is 11.6 Å². The topological polar surface area (TPSA) is 124 Å². The van der Waals surface area contributed by atoms with E-state index in [4.69, 9.17) is 9.47 Å². The summed E-state index contributed by atoms with van der Waals surface area (Å²) in [7, 11) is 2.97. The number of ether oxygens (including phenoxy) is 2. The van der Waals surface area contributed by atoms with Gasteiger partial charge in [0.05, 0.1) is 18.0 Å². The molecule has 2 N–H and O–H groups in total. The van der Waals surface area contributed by atoms with Crippen LogP contribution in [-0.4, -0.2) is 79.1 Å². The first-order chi connectivity index (χ1) is 19.0. The predicted octanol–water partition coefficient (Wildman–Crippen LogP) is 3.26. The number of hydrogen-bond donors (Lipinski definition) is 2. The van der Waals surface area contributed by atoms with Crippen molar-refractivity contribution in [3.8, 4) is 11.4 Å². The van der Waals surface area contributed by atoms with E-state index in [0.29, 0.717) is 0 Å². The molecule has 12 nitrogen and oxygen atoms in total. The van der Waals surface area contributed by atoms with Gasteiger partial charge in [0.2, 0.25) is 5.95 Å². The molecule has 0 aliphatic carbocycles. The molecule has 1 fully saturated rings. The van der Waals surface area contributed by atoms with Crippen LogP contribution in [0.1, 0.15) is 47.0 Å². The minimum Gasteiger partial charge on any atom is -0.489 e. The SMILES string of the molecule is CCCN1CC[C@@H](Nc2nc(Nc3cc(-n4nnn(C)c4=O)c(OC[C@H](C)OC)cc3F)ncc2F)CC1(C)C. The van der Waals surface area contributed by atoms with Crippen molar-refractivity contribution in [1.29, 1.82) is 0 Å². The second kappa shape index (κ2) is 12.3. The minimum absolute atomic E-state index is 0.0122. The standard InChI is InChI=1S/C26H37F2N9O3/c1-7-9-36-10-8-17(13-26(36,3)4)30-23-19(28)14-29-24(32-23)31-20-12-21(37-25(38)35(5)33-34-37)22(11-18(20)27)40-15-16(2)39-6/h11-12,14,16-17H,7-10,13,15H2,1-6H3,(H2,29,30,31,32)/t16-,17+/m0/s1. The summed E-state index contributed by atoms with van der Waals surface area (Å²) in [5.74, 6) is -1.24. The molecule has 2 atom stereocenters. The lowest BCUT2D eigenvalue weighted by molar-refractivity contribution is 0.0708. The summed E-state index contributed by atoms with van der Waals surface area (Å²) < 4.78 is 42.9. The lowest BCUT2D eigenvalue weighted by Gasteiger charge is -2.46. The maximum atomic E-state index is 15.2. The third-order valence-electron chi connectivity index (χ3n) is 7.05. The first-order valence-electron chi connectivity index (χ1n) is 13.3. The van der Waals surface area contributed by atoms with Crippen molar-refractivity contribution in [3.05, 3.63) is 40.4 Å². The maximum absolute atomic E-state index is 15.2. The number of benzene rings is 1. The van der Waals surface area contributed by atoms with E-state index in [2.05, 4.69) is 56.7 Å². The molecule has 0 unspecified atom stereocenters. The molecule has 0 radical (unpaired) electrons. The largest absolute Gasteiger partial charge is 0.489 e. The number of halogens is 2. The molecule has 0 saturated carbocycles. The molecule has 3 heterocycles. The molecule has 3 aromatic rings. The van der Waals surface area contributed by atoms with Gasteiger partial charge in [0, 0.05) is 38.3 Å². The number of aromatic nitrogens is 6. The van der Waals surface area contributed by atoms with Crippen LogP contribution >= 0.6 is 0 Å². The van der Waals surface area contributed by atoms with E-state index in [-0.39, 0.29) is 53.2 Å². The highest BCUT2D eigenvalue weighted by molar-refractivity contribution is 5.63. The van der Waals surface area contributed by atoms with E-state index in [1.165, 1.54) is 20.2 Å². The van der Waals surface area contributed by atoms with Crippen LogP contribution in [0.25, 0.3) is 5.69 Å². The quantitative estimate of drug-likeness (QED) is 0.361. The number of likely N-dealkylation sites (tertiary alicyclic amines) is 1. The number of tetrazole rings is 1. The van der Waals surface area contributed by atoms with Crippen LogP contribution in [-0.2, 0) is 11.8 Å². The van der Waals surface area contributed by atoms with Crippen LogP contribution in [0.3, 0.4) is 0 Å². The van der Waals surface area contributed by atoms with Gasteiger partial charge in [-0.3, -0.25) is 4.90 Å². The van der Waals surface area contributed by atoms with Gasteiger partial charge in [-0.1, -0.05) is 6.92 Å². The summed E-state index contributed by atoms with van der Waals surface area (Å²) in [6, 6.07) is 2.47. The average molecular weight is 562 g/mol. The summed E-state index contributed by atoms with van der Waals surface area (Å²) in [4.78, 5) is 23.3. The molecule has 0 amide bonds. The molecular formula is C26H37F2N9O3. The van der Waals surface area contributed by atoms with Gasteiger partial charge < -0.3 is 20.1 Å². The zero-order valence-corrected chi connectivity index (χ0v) is 23.7. The highest BCUT2D eigenvalue weighted by atomic mass is 19.1. The molecular weight excluding hydrogens is 524 g/mol. The molecule has 1 aliphatic rings. The Labute approximate surface area is 231 Å². The van der Waals surface area contributed by atoms with Gasteiger partial charge in [0.25, 0.3) is 0 Å². The maximum Gasteiger partial charge on any atom is 0.368 e. The Morgan fingerprint density at radius 3 is 2.65 bits per heavy atom. The monoisotopic (exact) mass is 561 g/mol. The fourth-order valence-corrected chi connectivity index (χ4v) is 4.76. The first-order valence-corrected chi connectivity index (χ1v) is 13.3. The fourth-order valence-electron chi connectivity index (χ4n) is 4.76. The highest BCUT2D eigenvalue weighted by Crippen LogP contribution is 2.32. The zero-order valence-electron chi connectivity index (χ0n) is 23.7. The molecule has 4 rings (SSSR count). The Hall–Kier alpha value is -3.65. The highest BCUT2D eigenvalue weighted by Gasteiger charge is 2.34. The summed E-state index contributed by atoms with van der Waals surface area (Å²) in [6.45, 7) is 10.3. The Morgan fingerprint density at radius 1 is 1.23 bits per heavy atom. The molecule has 2 aromatic heterocycles. The summed E-state index contributed by atoms with van der Waals surface area (Å²) >= 11 is 0. The van der Waals surface area contributed by atoms with Crippen LogP contribution in [0.15, 0.2) is 23.1 Å². The molecule has 1 aliphatic heterocycles. The second-order valence-electron chi connectivity index (χ2n) is 10.6. The Kier molecular flexibility index (Phi) is 8.98. The molecule has 40 heavy (non-hydrogen) atoms. The van der Waals surface area contributed by atoms with Crippen molar-refractivity contribution in [1.82, 2.24) is 34.7 Å². The lowest BCUT2D eigenvalue weighted by atomic mass is 9.87. The lowest BCUT2D eigenvalue weighted by Crippen LogP contribution is -2.53. The van der Waals surface area contributed by atoms with E-state index in [9.17, 15) is 9.18 Å². The molecule has 1 saturated heterocycles. The molecule has 0 spiro atoms. The summed E-state index contributed by atoms with van der Waals surface area (Å²) in [6.07, 6.45) is 3.47. The molecule has 218 valence electrons. The predicted molar refractivity (Wildman–Crippen MR) is 146 cm³/mol. The Balaban J connectivity index is 1.59. The third-order valence-corrected chi connectivity index (χ3v) is 7.05. The van der Waals surface area contributed by atoms with Gasteiger partial charge in [-0.2, -0.15) is 14.3 Å². The molecule has 1 aromatic carbocycles. The van der Waals surface area contributed by atoms with Crippen molar-refractivity contribution in [2.24, 2.45) is 7.05 Å². The van der Waals surface area contributed by atoms with Crippen molar-refractivity contribution in [3.63, 3.8) is 0 Å². The van der Waals surface area contributed by atoms with E-state index in [1.54, 1.807) is 6.92 Å². The van der Waals surface area contributed by atoms with Gasteiger partial charge in [0.15, 0.2) is 17.5 Å². The zero-order chi connectivity index (χ0) is 29.0. The van der Waals surface area contributed by atoms with Crippen LogP contribution in [0.2, 0.25) is 0 Å². The first kappa shape index (κ1) is 29.3. The Morgan fingerprint density at radius 2 is 2.00 bits per heavy atom.